The van der Waals surface area contributed by atoms with Crippen LogP contribution in [0.15, 0.2) is 0 Å². The van der Waals surface area contributed by atoms with Crippen molar-refractivity contribution < 1.29 is 9.59 Å². The second-order valence-corrected chi connectivity index (χ2v) is 14.7. The van der Waals surface area contributed by atoms with E-state index in [1.807, 2.05) is 0 Å². The Hall–Kier alpha value is -1.14. The van der Waals surface area contributed by atoms with Crippen LogP contribution in [0, 0.1) is 21.7 Å². The van der Waals surface area contributed by atoms with Crippen LogP contribution in [0.1, 0.15) is 114 Å². The highest BCUT2D eigenvalue weighted by Gasteiger charge is 2.29. The molecular formula is C30H62N4O2. The predicted octanol–water partition coefficient (Wildman–Crippen LogP) is 5.62. The lowest BCUT2D eigenvalue weighted by atomic mass is 9.72. The summed E-state index contributed by atoms with van der Waals surface area (Å²) in [5, 5.41) is 9.66. The van der Waals surface area contributed by atoms with E-state index in [0.717, 1.165) is 64.8 Å². The number of rotatable bonds is 18. The molecule has 1 unspecified atom stereocenters. The number of nitrogens with zero attached hydrogens (tertiary/aromatic N) is 1. The number of hydrogen-bond donors (Lipinski definition) is 3. The second kappa shape index (κ2) is 16.0. The van der Waals surface area contributed by atoms with Crippen LogP contribution in [0.25, 0.3) is 0 Å². The summed E-state index contributed by atoms with van der Waals surface area (Å²) in [4.78, 5) is 26.8. The van der Waals surface area contributed by atoms with E-state index in [0.29, 0.717) is 19.4 Å². The van der Waals surface area contributed by atoms with Crippen LogP contribution in [0.3, 0.4) is 0 Å². The Morgan fingerprint density at radius 1 is 0.722 bits per heavy atom. The minimum Gasteiger partial charge on any atom is -0.356 e. The maximum Gasteiger partial charge on any atom is 0.221 e. The Balaban J connectivity index is 4.00. The average molecular weight is 511 g/mol. The van der Waals surface area contributed by atoms with E-state index in [9.17, 15) is 9.59 Å². The highest BCUT2D eigenvalue weighted by molar-refractivity contribution is 5.76. The molecule has 6 heteroatoms. The lowest BCUT2D eigenvalue weighted by Gasteiger charge is -2.36. The van der Waals surface area contributed by atoms with Gasteiger partial charge >= 0.3 is 0 Å². The standard InChI is InChI=1S/C30H62N4O2/c1-12-16-30(10,22-28(5,6)7)24-33-26(36)15-20-34(11)19-13-17-31-18-14-25(35)32-23-29(8,9)21-27(2,3)4/h31H,12-24H2,1-11H3,(H,32,35)(H,33,36). The zero-order valence-corrected chi connectivity index (χ0v) is 26.0. The summed E-state index contributed by atoms with van der Waals surface area (Å²) in [6.45, 7) is 27.3. The van der Waals surface area contributed by atoms with Gasteiger partial charge in [0.25, 0.3) is 0 Å². The lowest BCUT2D eigenvalue weighted by Crippen LogP contribution is -2.39. The van der Waals surface area contributed by atoms with Gasteiger partial charge in [-0.05, 0) is 67.5 Å². The Kier molecular flexibility index (Phi) is 15.5. The molecule has 0 aliphatic carbocycles. The van der Waals surface area contributed by atoms with E-state index in [-0.39, 0.29) is 33.5 Å². The van der Waals surface area contributed by atoms with Crippen molar-refractivity contribution in [2.24, 2.45) is 21.7 Å². The van der Waals surface area contributed by atoms with Gasteiger partial charge in [-0.2, -0.15) is 0 Å². The van der Waals surface area contributed by atoms with Gasteiger partial charge in [0.2, 0.25) is 11.8 Å². The van der Waals surface area contributed by atoms with E-state index in [1.165, 1.54) is 0 Å². The lowest BCUT2D eigenvalue weighted by molar-refractivity contribution is -0.122. The molecule has 2 amide bonds. The van der Waals surface area contributed by atoms with E-state index in [2.05, 4.69) is 97.1 Å². The second-order valence-electron chi connectivity index (χ2n) is 14.7. The molecule has 0 rings (SSSR count). The molecule has 3 N–H and O–H groups in total. The van der Waals surface area contributed by atoms with Gasteiger partial charge in [-0.25, -0.2) is 0 Å². The first kappa shape index (κ1) is 34.9. The Morgan fingerprint density at radius 2 is 1.28 bits per heavy atom. The molecule has 0 bridgehead atoms. The molecule has 0 aliphatic rings. The third-order valence-electron chi connectivity index (χ3n) is 6.44. The molecule has 0 radical (unpaired) electrons. The highest BCUT2D eigenvalue weighted by atomic mass is 16.2. The van der Waals surface area contributed by atoms with Crippen molar-refractivity contribution in [1.29, 1.82) is 0 Å². The quantitative estimate of drug-likeness (QED) is 0.209. The van der Waals surface area contributed by atoms with Gasteiger partial charge < -0.3 is 20.9 Å². The van der Waals surface area contributed by atoms with Gasteiger partial charge in [0.1, 0.15) is 0 Å². The van der Waals surface area contributed by atoms with Gasteiger partial charge in [0.15, 0.2) is 0 Å². The minimum atomic E-state index is 0.102. The van der Waals surface area contributed by atoms with E-state index in [1.54, 1.807) is 0 Å². The molecule has 1 atom stereocenters. The van der Waals surface area contributed by atoms with Gasteiger partial charge in [-0.1, -0.05) is 75.7 Å². The largest absolute Gasteiger partial charge is 0.356 e. The van der Waals surface area contributed by atoms with E-state index < -0.39 is 0 Å². The zero-order valence-electron chi connectivity index (χ0n) is 26.0. The smallest absolute Gasteiger partial charge is 0.221 e. The molecule has 0 fully saturated rings. The van der Waals surface area contributed by atoms with Crippen molar-refractivity contribution in [2.75, 3.05) is 46.3 Å². The summed E-state index contributed by atoms with van der Waals surface area (Å²) in [6.07, 6.45) is 6.49. The van der Waals surface area contributed by atoms with Crippen molar-refractivity contribution in [2.45, 2.75) is 114 Å². The topological polar surface area (TPSA) is 73.5 Å². The molecule has 0 aromatic rings. The first-order chi connectivity index (χ1) is 16.4. The fourth-order valence-electron chi connectivity index (χ4n) is 5.65. The van der Waals surface area contributed by atoms with Gasteiger partial charge in [-0.15, -0.1) is 0 Å². The maximum absolute atomic E-state index is 12.4. The molecule has 6 nitrogen and oxygen atoms in total. The van der Waals surface area contributed by atoms with Crippen molar-refractivity contribution >= 4 is 11.8 Å². The van der Waals surface area contributed by atoms with Crippen molar-refractivity contribution in [3.8, 4) is 0 Å². The first-order valence-electron chi connectivity index (χ1n) is 14.3. The summed E-state index contributed by atoms with van der Waals surface area (Å²) >= 11 is 0. The zero-order chi connectivity index (χ0) is 28.0. The number of amides is 2. The molecular weight excluding hydrogens is 448 g/mol. The number of hydrogen-bond acceptors (Lipinski definition) is 4. The summed E-state index contributed by atoms with van der Waals surface area (Å²) < 4.78 is 0. The molecule has 0 aromatic heterocycles. The monoisotopic (exact) mass is 510 g/mol. The summed E-state index contributed by atoms with van der Waals surface area (Å²) in [7, 11) is 2.07. The SMILES string of the molecule is CCCC(C)(CNC(=O)CCN(C)CCCNCCC(=O)NCC(C)(C)CC(C)(C)C)CC(C)(C)C. The third-order valence-corrected chi connectivity index (χ3v) is 6.44. The minimum absolute atomic E-state index is 0.102. The highest BCUT2D eigenvalue weighted by Crippen LogP contribution is 2.36. The summed E-state index contributed by atoms with van der Waals surface area (Å²) in [5.41, 5.74) is 0.773. The number of nitrogens with one attached hydrogen (secondary N) is 3. The Labute approximate surface area is 224 Å². The van der Waals surface area contributed by atoms with Crippen LogP contribution in [0.5, 0.6) is 0 Å². The molecule has 0 saturated carbocycles. The summed E-state index contributed by atoms with van der Waals surface area (Å²) in [6, 6.07) is 0. The maximum atomic E-state index is 12.4. The number of carbonyl (C=O) groups excluding carboxylic acids is 2. The van der Waals surface area contributed by atoms with Crippen molar-refractivity contribution in [1.82, 2.24) is 20.9 Å². The normalized spacial score (nSPS) is 14.6. The van der Waals surface area contributed by atoms with Crippen LogP contribution in [-0.2, 0) is 9.59 Å². The molecule has 0 heterocycles. The van der Waals surface area contributed by atoms with Crippen LogP contribution in [0.4, 0.5) is 0 Å². The first-order valence-corrected chi connectivity index (χ1v) is 14.3. The van der Waals surface area contributed by atoms with Crippen molar-refractivity contribution in [3.05, 3.63) is 0 Å². The molecule has 36 heavy (non-hydrogen) atoms. The molecule has 214 valence electrons. The van der Waals surface area contributed by atoms with Crippen LogP contribution in [-0.4, -0.2) is 63.0 Å². The fraction of sp³-hybridized carbons (Fsp3) is 0.933. The van der Waals surface area contributed by atoms with Gasteiger partial charge in [0, 0.05) is 39.0 Å². The summed E-state index contributed by atoms with van der Waals surface area (Å²) in [5.74, 6) is 0.262. The molecule has 0 aromatic carbocycles. The molecule has 0 saturated heterocycles. The van der Waals surface area contributed by atoms with Crippen molar-refractivity contribution in [3.63, 3.8) is 0 Å². The van der Waals surface area contributed by atoms with Gasteiger partial charge in [0.05, 0.1) is 0 Å². The fourth-order valence-corrected chi connectivity index (χ4v) is 5.65. The Morgan fingerprint density at radius 3 is 1.83 bits per heavy atom. The third kappa shape index (κ3) is 20.0. The van der Waals surface area contributed by atoms with Crippen LogP contribution < -0.4 is 16.0 Å². The van der Waals surface area contributed by atoms with E-state index in [4.69, 9.17) is 0 Å². The van der Waals surface area contributed by atoms with Crippen LogP contribution in [0.2, 0.25) is 0 Å². The predicted molar refractivity (Wildman–Crippen MR) is 155 cm³/mol. The van der Waals surface area contributed by atoms with Gasteiger partial charge in [-0.3, -0.25) is 9.59 Å². The Bertz CT molecular complexity index is 634. The number of carbonyl (C=O) groups is 2. The van der Waals surface area contributed by atoms with Crippen LogP contribution >= 0.6 is 0 Å². The van der Waals surface area contributed by atoms with E-state index >= 15 is 0 Å². The molecule has 0 aliphatic heterocycles. The molecule has 0 spiro atoms. The average Bonchev–Trinajstić information content (AvgIpc) is 2.69.